The summed E-state index contributed by atoms with van der Waals surface area (Å²) in [7, 11) is 1.74. The zero-order chi connectivity index (χ0) is 14.3. The number of urea groups is 1. The quantitative estimate of drug-likeness (QED) is 0.877. The molecule has 0 bridgehead atoms. The van der Waals surface area contributed by atoms with Crippen molar-refractivity contribution in [3.63, 3.8) is 0 Å². The van der Waals surface area contributed by atoms with Crippen LogP contribution in [0.15, 0.2) is 36.4 Å². The molecule has 0 radical (unpaired) electrons. The van der Waals surface area contributed by atoms with Crippen LogP contribution in [0.4, 0.5) is 22.0 Å². The van der Waals surface area contributed by atoms with Crippen LogP contribution in [-0.2, 0) is 6.54 Å². The Morgan fingerprint density at radius 2 is 1.90 bits per heavy atom. The second-order valence-electron chi connectivity index (χ2n) is 4.65. The molecule has 2 amide bonds. The Morgan fingerprint density at radius 1 is 1.20 bits per heavy atom. The lowest BCUT2D eigenvalue weighted by atomic mass is 10.1. The van der Waals surface area contributed by atoms with Crippen molar-refractivity contribution in [2.45, 2.75) is 6.54 Å². The first-order chi connectivity index (χ1) is 9.56. The van der Waals surface area contributed by atoms with Crippen LogP contribution in [0.1, 0.15) is 5.69 Å². The number of anilines is 3. The summed E-state index contributed by atoms with van der Waals surface area (Å²) in [5, 5.41) is 0.627. The topological polar surface area (TPSA) is 62.5 Å². The fourth-order valence-corrected chi connectivity index (χ4v) is 2.36. The van der Waals surface area contributed by atoms with E-state index < -0.39 is 0 Å². The second-order valence-corrected chi connectivity index (χ2v) is 5.09. The number of fused-ring (bicyclic) bond motifs is 1. The summed E-state index contributed by atoms with van der Waals surface area (Å²) in [6.45, 7) is 0.448. The largest absolute Gasteiger partial charge is 0.384 e. The van der Waals surface area contributed by atoms with Gasteiger partial charge in [0.2, 0.25) is 0 Å². The molecule has 2 aromatic rings. The second kappa shape index (κ2) is 4.68. The molecule has 2 N–H and O–H groups in total. The fraction of sp³-hybridized carbons (Fsp3) is 0.143. The van der Waals surface area contributed by atoms with Gasteiger partial charge in [-0.15, -0.1) is 0 Å². The number of hydrogen-bond donors (Lipinski definition) is 1. The Morgan fingerprint density at radius 3 is 2.60 bits per heavy atom. The molecule has 0 fully saturated rings. The molecule has 1 aromatic heterocycles. The van der Waals surface area contributed by atoms with E-state index in [-0.39, 0.29) is 6.03 Å². The average Bonchev–Trinajstić information content (AvgIpc) is 2.42. The van der Waals surface area contributed by atoms with Crippen LogP contribution in [0.5, 0.6) is 0 Å². The molecular formula is C14H13ClN4O. The maximum atomic E-state index is 12.4. The molecule has 0 unspecified atom stereocenters. The van der Waals surface area contributed by atoms with E-state index in [0.717, 1.165) is 17.1 Å². The molecule has 0 saturated heterocycles. The highest BCUT2D eigenvalue weighted by Crippen LogP contribution is 2.34. The molecule has 5 nitrogen and oxygen atoms in total. The maximum absolute atomic E-state index is 12.4. The van der Waals surface area contributed by atoms with E-state index in [2.05, 4.69) is 4.98 Å². The van der Waals surface area contributed by atoms with Gasteiger partial charge in [0, 0.05) is 12.1 Å². The fourth-order valence-electron chi connectivity index (χ4n) is 2.24. The van der Waals surface area contributed by atoms with Crippen LogP contribution in [-0.4, -0.2) is 23.0 Å². The summed E-state index contributed by atoms with van der Waals surface area (Å²) in [5.41, 5.74) is 8.00. The van der Waals surface area contributed by atoms with E-state index in [1.54, 1.807) is 47.2 Å². The number of nitrogen functional groups attached to an aromatic ring is 1. The van der Waals surface area contributed by atoms with Crippen molar-refractivity contribution in [2.24, 2.45) is 0 Å². The van der Waals surface area contributed by atoms with Crippen LogP contribution in [0.25, 0.3) is 0 Å². The molecule has 3 rings (SSSR count). The first-order valence-electron chi connectivity index (χ1n) is 6.12. The lowest BCUT2D eigenvalue weighted by Crippen LogP contribution is -2.42. The Bertz CT molecular complexity index is 671. The van der Waals surface area contributed by atoms with Gasteiger partial charge in [0.1, 0.15) is 5.82 Å². The number of carbonyl (C=O) groups is 1. The van der Waals surface area contributed by atoms with Crippen LogP contribution in [0.3, 0.4) is 0 Å². The molecule has 0 atom stereocenters. The van der Waals surface area contributed by atoms with E-state index in [1.807, 2.05) is 6.07 Å². The number of amides is 2. The summed E-state index contributed by atoms with van der Waals surface area (Å²) < 4.78 is 0. The third-order valence-electron chi connectivity index (χ3n) is 3.20. The van der Waals surface area contributed by atoms with Crippen LogP contribution < -0.4 is 10.6 Å². The summed E-state index contributed by atoms with van der Waals surface area (Å²) >= 11 is 5.89. The van der Waals surface area contributed by atoms with Crippen molar-refractivity contribution in [3.05, 3.63) is 47.1 Å². The molecule has 0 saturated carbocycles. The van der Waals surface area contributed by atoms with Crippen molar-refractivity contribution < 1.29 is 4.79 Å². The van der Waals surface area contributed by atoms with Gasteiger partial charge in [-0.3, -0.25) is 4.90 Å². The number of pyridine rings is 1. The van der Waals surface area contributed by atoms with Gasteiger partial charge < -0.3 is 10.6 Å². The zero-order valence-corrected chi connectivity index (χ0v) is 11.6. The molecule has 6 heteroatoms. The van der Waals surface area contributed by atoms with Crippen molar-refractivity contribution in [1.29, 1.82) is 0 Å². The third kappa shape index (κ3) is 2.06. The number of rotatable bonds is 1. The van der Waals surface area contributed by atoms with Gasteiger partial charge in [-0.25, -0.2) is 9.78 Å². The van der Waals surface area contributed by atoms with Crippen LogP contribution in [0, 0.1) is 0 Å². The number of hydrogen-bond acceptors (Lipinski definition) is 3. The van der Waals surface area contributed by atoms with E-state index in [9.17, 15) is 4.79 Å². The summed E-state index contributed by atoms with van der Waals surface area (Å²) in [4.78, 5) is 19.9. The SMILES string of the molecule is CN1Cc2nc(N)ccc2N(c2ccc(Cl)cc2)C1=O. The molecule has 102 valence electrons. The summed E-state index contributed by atoms with van der Waals surface area (Å²) in [6.07, 6.45) is 0. The van der Waals surface area contributed by atoms with Crippen molar-refractivity contribution in [3.8, 4) is 0 Å². The number of nitrogens with zero attached hydrogens (tertiary/aromatic N) is 3. The minimum Gasteiger partial charge on any atom is -0.384 e. The standard InChI is InChI=1S/C14H13ClN4O/c1-18-8-11-12(6-7-13(16)17-11)19(14(18)20)10-4-2-9(15)3-5-10/h2-7H,8H2,1H3,(H2,16,17). The smallest absolute Gasteiger partial charge is 0.329 e. The van der Waals surface area contributed by atoms with Crippen LogP contribution >= 0.6 is 11.6 Å². The lowest BCUT2D eigenvalue weighted by molar-refractivity contribution is 0.213. The van der Waals surface area contributed by atoms with Crippen LogP contribution in [0.2, 0.25) is 5.02 Å². The normalized spacial score (nSPS) is 14.4. The molecular weight excluding hydrogens is 276 g/mol. The Hall–Kier alpha value is -2.27. The monoisotopic (exact) mass is 288 g/mol. The molecule has 1 aliphatic rings. The molecule has 1 aromatic carbocycles. The summed E-state index contributed by atoms with van der Waals surface area (Å²) in [6, 6.07) is 10.5. The van der Waals surface area contributed by atoms with Gasteiger partial charge in [0.25, 0.3) is 0 Å². The molecule has 20 heavy (non-hydrogen) atoms. The number of halogens is 1. The van der Waals surface area contributed by atoms with Gasteiger partial charge in [0.05, 0.1) is 23.6 Å². The molecule has 1 aliphatic heterocycles. The number of benzene rings is 1. The molecule has 2 heterocycles. The van der Waals surface area contributed by atoms with Crippen molar-refractivity contribution in [2.75, 3.05) is 17.7 Å². The van der Waals surface area contributed by atoms with Gasteiger partial charge in [-0.1, -0.05) is 11.6 Å². The van der Waals surface area contributed by atoms with E-state index in [1.165, 1.54) is 0 Å². The Kier molecular flexibility index (Phi) is 2.99. The van der Waals surface area contributed by atoms with Gasteiger partial charge in [-0.05, 0) is 36.4 Å². The van der Waals surface area contributed by atoms with E-state index >= 15 is 0 Å². The van der Waals surface area contributed by atoms with Crippen molar-refractivity contribution >= 4 is 34.8 Å². The Labute approximate surface area is 121 Å². The highest BCUT2D eigenvalue weighted by Gasteiger charge is 2.30. The van der Waals surface area contributed by atoms with Gasteiger partial charge in [-0.2, -0.15) is 0 Å². The first-order valence-corrected chi connectivity index (χ1v) is 6.50. The van der Waals surface area contributed by atoms with E-state index in [4.69, 9.17) is 17.3 Å². The number of nitrogens with two attached hydrogens (primary N) is 1. The van der Waals surface area contributed by atoms with Crippen molar-refractivity contribution in [1.82, 2.24) is 9.88 Å². The Balaban J connectivity index is 2.14. The van der Waals surface area contributed by atoms with Gasteiger partial charge >= 0.3 is 6.03 Å². The highest BCUT2D eigenvalue weighted by atomic mass is 35.5. The molecule has 0 aliphatic carbocycles. The minimum absolute atomic E-state index is 0.105. The zero-order valence-electron chi connectivity index (χ0n) is 10.9. The maximum Gasteiger partial charge on any atom is 0.329 e. The van der Waals surface area contributed by atoms with E-state index in [0.29, 0.717) is 17.4 Å². The lowest BCUT2D eigenvalue weighted by Gasteiger charge is -2.34. The summed E-state index contributed by atoms with van der Waals surface area (Å²) in [5.74, 6) is 0.447. The molecule has 0 spiro atoms. The number of aromatic nitrogens is 1. The number of carbonyl (C=O) groups excluding carboxylic acids is 1. The predicted octanol–water partition coefficient (Wildman–Crippen LogP) is 3.02. The minimum atomic E-state index is -0.105. The first kappa shape index (κ1) is 12.7. The van der Waals surface area contributed by atoms with Gasteiger partial charge in [0.15, 0.2) is 0 Å². The third-order valence-corrected chi connectivity index (χ3v) is 3.45. The average molecular weight is 289 g/mol. The predicted molar refractivity (Wildman–Crippen MR) is 79.1 cm³/mol. The highest BCUT2D eigenvalue weighted by molar-refractivity contribution is 6.30.